The molecule has 0 amide bonds. The monoisotopic (exact) mass is 231 g/mol. The van der Waals surface area contributed by atoms with Crippen LogP contribution in [0.1, 0.15) is 54.4 Å². The van der Waals surface area contributed by atoms with Crippen molar-refractivity contribution in [3.63, 3.8) is 0 Å². The molecule has 1 aromatic carbocycles. The molecule has 2 N–H and O–H groups in total. The molecule has 0 aliphatic heterocycles. The van der Waals surface area contributed by atoms with Crippen molar-refractivity contribution in [2.24, 2.45) is 5.92 Å². The van der Waals surface area contributed by atoms with E-state index in [0.29, 0.717) is 5.78 Å². The number of carbonyl (C=O) groups is 1. The first-order valence-electron chi connectivity index (χ1n) is 6.59. The number of aryl methyl sites for hydroxylation is 1. The van der Waals surface area contributed by atoms with Gasteiger partial charge in [-0.3, -0.25) is 4.79 Å². The van der Waals surface area contributed by atoms with Crippen molar-refractivity contribution in [2.75, 3.05) is 5.73 Å². The zero-order chi connectivity index (χ0) is 12.3. The Balaban J connectivity index is 2.17. The molecule has 0 heterocycles. The van der Waals surface area contributed by atoms with Crippen LogP contribution in [-0.4, -0.2) is 5.78 Å². The molecule has 92 valence electrons. The number of carbonyl (C=O) groups excluding carboxylic acids is 1. The second-order valence-electron chi connectivity index (χ2n) is 5.13. The zero-order valence-corrected chi connectivity index (χ0v) is 10.5. The van der Waals surface area contributed by atoms with Crippen molar-refractivity contribution < 1.29 is 4.79 Å². The molecule has 0 radical (unpaired) electrons. The predicted molar refractivity (Wildman–Crippen MR) is 71.1 cm³/mol. The standard InChI is InChI=1S/C15H21NO/c1-11-10-13(16)8-9-14(11)15(17)12-6-4-2-3-5-7-12/h8-10,12H,2-7,16H2,1H3. The Morgan fingerprint density at radius 1 is 1.18 bits per heavy atom. The Morgan fingerprint density at radius 2 is 1.82 bits per heavy atom. The van der Waals surface area contributed by atoms with Gasteiger partial charge in [-0.15, -0.1) is 0 Å². The molecule has 1 aliphatic rings. The topological polar surface area (TPSA) is 43.1 Å². The summed E-state index contributed by atoms with van der Waals surface area (Å²) in [5, 5.41) is 0. The molecule has 0 bridgehead atoms. The van der Waals surface area contributed by atoms with Crippen LogP contribution in [0.3, 0.4) is 0 Å². The van der Waals surface area contributed by atoms with Crippen molar-refractivity contribution in [1.29, 1.82) is 0 Å². The summed E-state index contributed by atoms with van der Waals surface area (Å²) in [6.45, 7) is 1.97. The van der Waals surface area contributed by atoms with E-state index in [0.717, 1.165) is 29.7 Å². The van der Waals surface area contributed by atoms with Gasteiger partial charge in [-0.25, -0.2) is 0 Å². The predicted octanol–water partition coefficient (Wildman–Crippen LogP) is 3.73. The van der Waals surface area contributed by atoms with E-state index in [1.807, 2.05) is 25.1 Å². The van der Waals surface area contributed by atoms with Gasteiger partial charge in [0.2, 0.25) is 0 Å². The smallest absolute Gasteiger partial charge is 0.166 e. The summed E-state index contributed by atoms with van der Waals surface area (Å²) in [5.74, 6) is 0.559. The lowest BCUT2D eigenvalue weighted by Gasteiger charge is -2.14. The van der Waals surface area contributed by atoms with Crippen LogP contribution in [0.5, 0.6) is 0 Å². The van der Waals surface area contributed by atoms with E-state index in [-0.39, 0.29) is 5.92 Å². The van der Waals surface area contributed by atoms with Crippen molar-refractivity contribution in [1.82, 2.24) is 0 Å². The molecule has 1 fully saturated rings. The van der Waals surface area contributed by atoms with E-state index < -0.39 is 0 Å². The van der Waals surface area contributed by atoms with Gasteiger partial charge in [-0.1, -0.05) is 25.7 Å². The number of ketones is 1. The highest BCUT2D eigenvalue weighted by Gasteiger charge is 2.22. The number of hydrogen-bond acceptors (Lipinski definition) is 2. The van der Waals surface area contributed by atoms with Gasteiger partial charge in [-0.2, -0.15) is 0 Å². The second-order valence-corrected chi connectivity index (χ2v) is 5.13. The maximum Gasteiger partial charge on any atom is 0.166 e. The number of hydrogen-bond donors (Lipinski definition) is 1. The summed E-state index contributed by atoms with van der Waals surface area (Å²) in [4.78, 5) is 12.4. The molecule has 0 saturated heterocycles. The van der Waals surface area contributed by atoms with Gasteiger partial charge in [-0.05, 0) is 43.5 Å². The fourth-order valence-corrected chi connectivity index (χ4v) is 2.72. The Hall–Kier alpha value is -1.31. The maximum absolute atomic E-state index is 12.4. The van der Waals surface area contributed by atoms with Crippen molar-refractivity contribution in [3.05, 3.63) is 29.3 Å². The van der Waals surface area contributed by atoms with Crippen LogP contribution in [0.25, 0.3) is 0 Å². The molecule has 2 rings (SSSR count). The molecule has 2 heteroatoms. The fourth-order valence-electron chi connectivity index (χ4n) is 2.72. The lowest BCUT2D eigenvalue weighted by Crippen LogP contribution is -2.15. The normalized spacial score (nSPS) is 17.7. The van der Waals surface area contributed by atoms with Crippen LogP contribution >= 0.6 is 0 Å². The van der Waals surface area contributed by atoms with Gasteiger partial charge in [0.15, 0.2) is 5.78 Å². The molecule has 1 aromatic rings. The van der Waals surface area contributed by atoms with Gasteiger partial charge < -0.3 is 5.73 Å². The van der Waals surface area contributed by atoms with E-state index in [1.165, 1.54) is 25.7 Å². The van der Waals surface area contributed by atoms with Gasteiger partial charge in [0.25, 0.3) is 0 Å². The third-order valence-corrected chi connectivity index (χ3v) is 3.74. The number of anilines is 1. The van der Waals surface area contributed by atoms with E-state index in [4.69, 9.17) is 5.73 Å². The number of nitrogen functional groups attached to an aromatic ring is 1. The first-order chi connectivity index (χ1) is 8.18. The van der Waals surface area contributed by atoms with Crippen LogP contribution in [0.15, 0.2) is 18.2 Å². The molecule has 0 atom stereocenters. The highest BCUT2D eigenvalue weighted by Crippen LogP contribution is 2.27. The maximum atomic E-state index is 12.4. The Labute approximate surface area is 103 Å². The van der Waals surface area contributed by atoms with E-state index in [9.17, 15) is 4.79 Å². The summed E-state index contributed by atoms with van der Waals surface area (Å²) in [6.07, 6.45) is 7.08. The minimum absolute atomic E-state index is 0.236. The quantitative estimate of drug-likeness (QED) is 0.479. The highest BCUT2D eigenvalue weighted by molar-refractivity contribution is 5.99. The van der Waals surface area contributed by atoms with Crippen LogP contribution in [-0.2, 0) is 0 Å². The number of rotatable bonds is 2. The lowest BCUT2D eigenvalue weighted by atomic mass is 9.89. The van der Waals surface area contributed by atoms with E-state index in [1.54, 1.807) is 0 Å². The van der Waals surface area contributed by atoms with Crippen molar-refractivity contribution in [2.45, 2.75) is 45.4 Å². The van der Waals surface area contributed by atoms with Crippen molar-refractivity contribution >= 4 is 11.5 Å². The van der Waals surface area contributed by atoms with Gasteiger partial charge in [0.05, 0.1) is 0 Å². The van der Waals surface area contributed by atoms with Gasteiger partial charge in [0.1, 0.15) is 0 Å². The average molecular weight is 231 g/mol. The summed E-state index contributed by atoms with van der Waals surface area (Å²) in [7, 11) is 0. The summed E-state index contributed by atoms with van der Waals surface area (Å²) < 4.78 is 0. The summed E-state index contributed by atoms with van der Waals surface area (Å²) in [6, 6.07) is 5.61. The first-order valence-corrected chi connectivity index (χ1v) is 6.59. The molecule has 2 nitrogen and oxygen atoms in total. The lowest BCUT2D eigenvalue weighted by molar-refractivity contribution is 0.0907. The van der Waals surface area contributed by atoms with Gasteiger partial charge >= 0.3 is 0 Å². The third-order valence-electron chi connectivity index (χ3n) is 3.74. The van der Waals surface area contributed by atoms with Gasteiger partial charge in [0, 0.05) is 17.2 Å². The summed E-state index contributed by atoms with van der Waals surface area (Å²) >= 11 is 0. The fraction of sp³-hybridized carbons (Fsp3) is 0.533. The SMILES string of the molecule is Cc1cc(N)ccc1C(=O)C1CCCCCC1. The van der Waals surface area contributed by atoms with Crippen molar-refractivity contribution in [3.8, 4) is 0 Å². The number of nitrogens with two attached hydrogens (primary N) is 1. The zero-order valence-electron chi connectivity index (χ0n) is 10.5. The molecule has 1 aliphatic carbocycles. The molecule has 1 saturated carbocycles. The Kier molecular flexibility index (Phi) is 3.82. The molecular weight excluding hydrogens is 210 g/mol. The van der Waals surface area contributed by atoms with Crippen LogP contribution in [0.2, 0.25) is 0 Å². The molecular formula is C15H21NO. The molecule has 0 spiro atoms. The molecule has 0 aromatic heterocycles. The van der Waals surface area contributed by atoms with Crippen LogP contribution in [0, 0.1) is 12.8 Å². The van der Waals surface area contributed by atoms with E-state index >= 15 is 0 Å². The highest BCUT2D eigenvalue weighted by atomic mass is 16.1. The minimum Gasteiger partial charge on any atom is -0.399 e. The number of benzene rings is 1. The second kappa shape index (κ2) is 5.35. The average Bonchev–Trinajstić information content (AvgIpc) is 2.56. The largest absolute Gasteiger partial charge is 0.399 e. The molecule has 17 heavy (non-hydrogen) atoms. The van der Waals surface area contributed by atoms with Crippen LogP contribution in [0.4, 0.5) is 5.69 Å². The van der Waals surface area contributed by atoms with Crippen LogP contribution < -0.4 is 5.73 Å². The Bertz CT molecular complexity index is 403. The molecule has 0 unspecified atom stereocenters. The third kappa shape index (κ3) is 2.87. The number of Topliss-reactive ketones (excluding diaryl/α,β-unsaturated/α-hetero) is 1. The minimum atomic E-state index is 0.236. The summed E-state index contributed by atoms with van der Waals surface area (Å²) in [5.41, 5.74) is 8.34. The Morgan fingerprint density at radius 3 is 2.41 bits per heavy atom. The first kappa shape index (κ1) is 12.2. The van der Waals surface area contributed by atoms with E-state index in [2.05, 4.69) is 0 Å².